The normalized spacial score (nSPS) is 15.2. The molecule has 3 amide bonds. The number of hydrogen-bond acceptors (Lipinski definition) is 4. The van der Waals surface area contributed by atoms with Gasteiger partial charge < -0.3 is 20.5 Å². The van der Waals surface area contributed by atoms with Crippen LogP contribution >= 0.6 is 0 Å². The molecule has 0 radical (unpaired) electrons. The van der Waals surface area contributed by atoms with Crippen LogP contribution in [-0.2, 0) is 4.79 Å². The summed E-state index contributed by atoms with van der Waals surface area (Å²) in [7, 11) is 0. The third-order valence-corrected chi connectivity index (χ3v) is 3.00. The van der Waals surface area contributed by atoms with E-state index in [1.165, 1.54) is 0 Å². The van der Waals surface area contributed by atoms with Crippen molar-refractivity contribution in [3.63, 3.8) is 0 Å². The summed E-state index contributed by atoms with van der Waals surface area (Å²) in [6.45, 7) is 1.64. The fourth-order valence-electron chi connectivity index (χ4n) is 2.08. The predicted molar refractivity (Wildman–Crippen MR) is 68.7 cm³/mol. The molecule has 1 aliphatic rings. The van der Waals surface area contributed by atoms with E-state index < -0.39 is 0 Å². The molecule has 2 rings (SSSR count). The standard InChI is InChI=1S/C12H18N4O3/c1-8-6-10(16-19-8)15-11(17)7-13-12(18)14-9-4-2-3-5-9/h6,9H,2-5,7H2,1H3,(H2,13,14,18)(H,15,16,17). The van der Waals surface area contributed by atoms with Gasteiger partial charge in [-0.1, -0.05) is 18.0 Å². The summed E-state index contributed by atoms with van der Waals surface area (Å²) in [6.07, 6.45) is 4.32. The Balaban J connectivity index is 1.66. The van der Waals surface area contributed by atoms with E-state index in [9.17, 15) is 9.59 Å². The lowest BCUT2D eigenvalue weighted by Gasteiger charge is -2.12. The minimum atomic E-state index is -0.338. The average Bonchev–Trinajstić information content (AvgIpc) is 2.99. The number of carbonyl (C=O) groups excluding carboxylic acids is 2. The minimum Gasteiger partial charge on any atom is -0.360 e. The highest BCUT2D eigenvalue weighted by Crippen LogP contribution is 2.17. The largest absolute Gasteiger partial charge is 0.360 e. The van der Waals surface area contributed by atoms with E-state index in [1.54, 1.807) is 13.0 Å². The van der Waals surface area contributed by atoms with Crippen LogP contribution in [0.3, 0.4) is 0 Å². The lowest BCUT2D eigenvalue weighted by atomic mass is 10.2. The molecule has 0 spiro atoms. The van der Waals surface area contributed by atoms with Crippen molar-refractivity contribution in [2.75, 3.05) is 11.9 Å². The number of amides is 3. The molecule has 7 heteroatoms. The summed E-state index contributed by atoms with van der Waals surface area (Å²) < 4.78 is 4.82. The van der Waals surface area contributed by atoms with E-state index in [0.29, 0.717) is 11.6 Å². The highest BCUT2D eigenvalue weighted by Gasteiger charge is 2.17. The fourth-order valence-corrected chi connectivity index (χ4v) is 2.08. The average molecular weight is 266 g/mol. The van der Waals surface area contributed by atoms with Gasteiger partial charge in [0.2, 0.25) is 5.91 Å². The second-order valence-electron chi connectivity index (χ2n) is 4.68. The lowest BCUT2D eigenvalue weighted by Crippen LogP contribution is -2.43. The van der Waals surface area contributed by atoms with Crippen molar-refractivity contribution < 1.29 is 14.1 Å². The maximum atomic E-state index is 11.5. The Labute approximate surface area is 111 Å². The zero-order chi connectivity index (χ0) is 13.7. The van der Waals surface area contributed by atoms with Gasteiger partial charge in [-0.2, -0.15) is 0 Å². The van der Waals surface area contributed by atoms with E-state index >= 15 is 0 Å². The van der Waals surface area contributed by atoms with Crippen LogP contribution < -0.4 is 16.0 Å². The molecule has 0 unspecified atom stereocenters. The van der Waals surface area contributed by atoms with Crippen LogP contribution in [0.4, 0.5) is 10.6 Å². The molecule has 0 saturated heterocycles. The van der Waals surface area contributed by atoms with Gasteiger partial charge in [0.05, 0.1) is 6.54 Å². The molecule has 0 aromatic carbocycles. The van der Waals surface area contributed by atoms with Gasteiger partial charge in [0.1, 0.15) is 5.76 Å². The highest BCUT2D eigenvalue weighted by atomic mass is 16.5. The lowest BCUT2D eigenvalue weighted by molar-refractivity contribution is -0.115. The van der Waals surface area contributed by atoms with Crippen LogP contribution in [0.5, 0.6) is 0 Å². The molecule has 104 valence electrons. The molecule has 0 atom stereocenters. The summed E-state index contributed by atoms with van der Waals surface area (Å²) in [6, 6.07) is 1.54. The SMILES string of the molecule is Cc1cc(NC(=O)CNC(=O)NC2CCCC2)no1. The molecule has 1 saturated carbocycles. The number of nitrogens with one attached hydrogen (secondary N) is 3. The number of rotatable bonds is 4. The van der Waals surface area contributed by atoms with Crippen LogP contribution in [0.15, 0.2) is 10.6 Å². The van der Waals surface area contributed by atoms with Crippen LogP contribution in [-0.4, -0.2) is 29.7 Å². The molecule has 1 aliphatic carbocycles. The Bertz CT molecular complexity index is 452. The number of nitrogens with zero attached hydrogens (tertiary/aromatic N) is 1. The first-order valence-electron chi connectivity index (χ1n) is 6.41. The molecule has 7 nitrogen and oxygen atoms in total. The Morgan fingerprint density at radius 2 is 2.16 bits per heavy atom. The summed E-state index contributed by atoms with van der Waals surface area (Å²) in [5, 5.41) is 11.5. The Morgan fingerprint density at radius 3 is 2.79 bits per heavy atom. The van der Waals surface area contributed by atoms with Crippen LogP contribution in [0.2, 0.25) is 0 Å². The molecule has 3 N–H and O–H groups in total. The highest BCUT2D eigenvalue weighted by molar-refractivity contribution is 5.93. The van der Waals surface area contributed by atoms with Crippen LogP contribution in [0, 0.1) is 6.92 Å². The molecule has 1 aromatic heterocycles. The Kier molecular flexibility index (Phi) is 4.38. The van der Waals surface area contributed by atoms with Gasteiger partial charge in [0.25, 0.3) is 0 Å². The second-order valence-corrected chi connectivity index (χ2v) is 4.68. The molecular weight excluding hydrogens is 248 g/mol. The maximum absolute atomic E-state index is 11.5. The van der Waals surface area contributed by atoms with E-state index in [2.05, 4.69) is 21.1 Å². The third-order valence-electron chi connectivity index (χ3n) is 3.00. The zero-order valence-electron chi connectivity index (χ0n) is 10.9. The van der Waals surface area contributed by atoms with Gasteiger partial charge in [0, 0.05) is 12.1 Å². The van der Waals surface area contributed by atoms with Crippen LogP contribution in [0.1, 0.15) is 31.4 Å². The summed E-state index contributed by atoms with van der Waals surface area (Å²) in [5.74, 6) is 0.623. The third kappa shape index (κ3) is 4.27. The van der Waals surface area contributed by atoms with Gasteiger partial charge >= 0.3 is 6.03 Å². The van der Waals surface area contributed by atoms with Gasteiger partial charge in [-0.25, -0.2) is 4.79 Å². The molecule has 1 aromatic rings. The van der Waals surface area contributed by atoms with Crippen molar-refractivity contribution in [3.8, 4) is 0 Å². The summed E-state index contributed by atoms with van der Waals surface area (Å²) >= 11 is 0. The molecule has 1 fully saturated rings. The first-order chi connectivity index (χ1) is 9.13. The van der Waals surface area contributed by atoms with Crippen molar-refractivity contribution in [1.82, 2.24) is 15.8 Å². The molecular formula is C12H18N4O3. The smallest absolute Gasteiger partial charge is 0.315 e. The van der Waals surface area contributed by atoms with Crippen molar-refractivity contribution in [1.29, 1.82) is 0 Å². The predicted octanol–water partition coefficient (Wildman–Crippen LogP) is 1.16. The molecule has 1 heterocycles. The second kappa shape index (κ2) is 6.21. The maximum Gasteiger partial charge on any atom is 0.315 e. The van der Waals surface area contributed by atoms with Gasteiger partial charge in [-0.05, 0) is 19.8 Å². The van der Waals surface area contributed by atoms with E-state index in [0.717, 1.165) is 25.7 Å². The summed E-state index contributed by atoms with van der Waals surface area (Å²) in [4.78, 5) is 23.1. The van der Waals surface area contributed by atoms with Gasteiger partial charge in [-0.3, -0.25) is 4.79 Å². The van der Waals surface area contributed by atoms with Crippen molar-refractivity contribution in [3.05, 3.63) is 11.8 Å². The number of hydrogen-bond donors (Lipinski definition) is 3. The Morgan fingerprint density at radius 1 is 1.42 bits per heavy atom. The van der Waals surface area contributed by atoms with Crippen molar-refractivity contribution >= 4 is 17.8 Å². The topological polar surface area (TPSA) is 96.3 Å². The minimum absolute atomic E-state index is 0.0928. The number of aryl methyl sites for hydroxylation is 1. The first-order valence-corrected chi connectivity index (χ1v) is 6.41. The van der Waals surface area contributed by atoms with Crippen molar-refractivity contribution in [2.45, 2.75) is 38.6 Å². The number of carbonyl (C=O) groups is 2. The van der Waals surface area contributed by atoms with E-state index in [4.69, 9.17) is 4.52 Å². The Hall–Kier alpha value is -2.05. The molecule has 0 bridgehead atoms. The van der Waals surface area contributed by atoms with Crippen molar-refractivity contribution in [2.24, 2.45) is 0 Å². The zero-order valence-corrected chi connectivity index (χ0v) is 10.9. The number of aromatic nitrogens is 1. The van der Waals surface area contributed by atoms with E-state index in [-0.39, 0.29) is 24.5 Å². The first kappa shape index (κ1) is 13.4. The monoisotopic (exact) mass is 266 g/mol. The number of urea groups is 1. The molecule has 0 aliphatic heterocycles. The molecule has 19 heavy (non-hydrogen) atoms. The quantitative estimate of drug-likeness (QED) is 0.762. The van der Waals surface area contributed by atoms with Crippen LogP contribution in [0.25, 0.3) is 0 Å². The van der Waals surface area contributed by atoms with Gasteiger partial charge in [0.15, 0.2) is 5.82 Å². The van der Waals surface area contributed by atoms with E-state index in [1.807, 2.05) is 0 Å². The summed E-state index contributed by atoms with van der Waals surface area (Å²) in [5.41, 5.74) is 0. The number of anilines is 1. The van der Waals surface area contributed by atoms with Gasteiger partial charge in [-0.15, -0.1) is 0 Å². The fraction of sp³-hybridized carbons (Fsp3) is 0.583.